The van der Waals surface area contributed by atoms with E-state index in [-0.39, 0.29) is 5.56 Å². The number of fused-ring (bicyclic) bond motifs is 1. The minimum atomic E-state index is -5.01. The van der Waals surface area contributed by atoms with E-state index in [1.54, 1.807) is 47.1 Å². The van der Waals surface area contributed by atoms with Gasteiger partial charge in [0.15, 0.2) is 0 Å². The molecule has 4 rings (SSSR count). The van der Waals surface area contributed by atoms with Gasteiger partial charge in [-0.25, -0.2) is 9.07 Å². The second-order valence-electron chi connectivity index (χ2n) is 7.51. The van der Waals surface area contributed by atoms with Crippen LogP contribution in [0.15, 0.2) is 67.1 Å². The van der Waals surface area contributed by atoms with E-state index < -0.39 is 41.9 Å². The monoisotopic (exact) mass is 448 g/mol. The molecule has 3 heterocycles. The highest BCUT2D eigenvalue weighted by atomic mass is 19.4. The third kappa shape index (κ3) is 3.18. The fourth-order valence-electron chi connectivity index (χ4n) is 3.91. The van der Waals surface area contributed by atoms with Gasteiger partial charge < -0.3 is 14.6 Å². The lowest BCUT2D eigenvalue weighted by Gasteiger charge is -2.33. The van der Waals surface area contributed by atoms with Gasteiger partial charge in [-0.2, -0.15) is 13.2 Å². The van der Waals surface area contributed by atoms with Gasteiger partial charge in [0.2, 0.25) is 5.60 Å². The molecule has 0 aliphatic carbocycles. The second-order valence-corrected chi connectivity index (χ2v) is 7.51. The number of nitrogens with zero attached hydrogens (tertiary/aromatic N) is 4. The molecule has 2 unspecified atom stereocenters. The van der Waals surface area contributed by atoms with Crippen molar-refractivity contribution in [3.8, 4) is 0 Å². The molecule has 2 N–H and O–H groups in total. The Labute approximate surface area is 180 Å². The van der Waals surface area contributed by atoms with Crippen molar-refractivity contribution in [1.29, 1.82) is 0 Å². The highest BCUT2D eigenvalue weighted by molar-refractivity contribution is 5.53. The van der Waals surface area contributed by atoms with E-state index >= 15 is 0 Å². The van der Waals surface area contributed by atoms with Crippen molar-refractivity contribution in [3.63, 3.8) is 0 Å². The van der Waals surface area contributed by atoms with Gasteiger partial charge in [0, 0.05) is 23.5 Å². The molecule has 2 atom stereocenters. The summed E-state index contributed by atoms with van der Waals surface area (Å²) in [7, 11) is 0. The molecule has 0 saturated heterocycles. The molecule has 1 aromatic carbocycles. The van der Waals surface area contributed by atoms with Crippen molar-refractivity contribution >= 4 is 5.52 Å². The van der Waals surface area contributed by atoms with Gasteiger partial charge in [0.25, 0.3) is 0 Å². The van der Waals surface area contributed by atoms with Crippen LogP contribution in [0.2, 0.25) is 0 Å². The Bertz CT molecular complexity index is 1250. The number of rotatable bonds is 6. The van der Waals surface area contributed by atoms with E-state index in [0.717, 1.165) is 16.4 Å². The number of aromatic nitrogens is 4. The lowest BCUT2D eigenvalue weighted by molar-refractivity contribution is -0.269. The summed E-state index contributed by atoms with van der Waals surface area (Å²) in [5.41, 5.74) is -4.64. The average Bonchev–Trinajstić information content (AvgIpc) is 3.44. The van der Waals surface area contributed by atoms with Crippen molar-refractivity contribution < 1.29 is 27.8 Å². The Balaban J connectivity index is 1.99. The van der Waals surface area contributed by atoms with E-state index in [4.69, 9.17) is 0 Å². The summed E-state index contributed by atoms with van der Waals surface area (Å²) in [5, 5.41) is 28.3. The van der Waals surface area contributed by atoms with Gasteiger partial charge in [-0.15, -0.1) is 5.10 Å². The standard InChI is InChI=1S/C22H20F4N4O2/c1-2-21(32,22(24,25)26)19-13-30(28-27-19)20(14-31,17-7-3-4-8-18(17)23)15-9-11-29-10-5-6-16(29)12-15/h3-13,31-32H,2,14H2,1H3. The van der Waals surface area contributed by atoms with Crippen LogP contribution in [0.3, 0.4) is 0 Å². The second kappa shape index (κ2) is 7.72. The first-order valence-corrected chi connectivity index (χ1v) is 9.83. The molecule has 0 saturated carbocycles. The largest absolute Gasteiger partial charge is 0.423 e. The van der Waals surface area contributed by atoms with Gasteiger partial charge in [0.1, 0.15) is 17.1 Å². The average molecular weight is 448 g/mol. The van der Waals surface area contributed by atoms with Crippen LogP contribution in [-0.4, -0.2) is 42.4 Å². The Kier molecular flexibility index (Phi) is 5.30. The summed E-state index contributed by atoms with van der Waals surface area (Å²) < 4.78 is 58.5. The minimum absolute atomic E-state index is 0.0121. The Morgan fingerprint density at radius 1 is 1.03 bits per heavy atom. The van der Waals surface area contributed by atoms with Crippen LogP contribution in [0.5, 0.6) is 0 Å². The topological polar surface area (TPSA) is 75.6 Å². The molecule has 3 aromatic heterocycles. The minimum Gasteiger partial charge on any atom is -0.393 e. The maximum atomic E-state index is 15.0. The molecule has 6 nitrogen and oxygen atoms in total. The molecule has 10 heteroatoms. The lowest BCUT2D eigenvalue weighted by Crippen LogP contribution is -2.43. The molecule has 0 aliphatic rings. The molecule has 0 spiro atoms. The number of benzene rings is 1. The number of alkyl halides is 3. The summed E-state index contributed by atoms with van der Waals surface area (Å²) in [6.07, 6.45) is -1.32. The number of aliphatic hydroxyl groups excluding tert-OH is 1. The van der Waals surface area contributed by atoms with E-state index in [1.807, 2.05) is 0 Å². The van der Waals surface area contributed by atoms with Gasteiger partial charge in [-0.3, -0.25) is 0 Å². The highest BCUT2D eigenvalue weighted by Crippen LogP contribution is 2.42. The normalized spacial score (nSPS) is 16.1. The van der Waals surface area contributed by atoms with Crippen LogP contribution in [-0.2, 0) is 11.1 Å². The van der Waals surface area contributed by atoms with E-state index in [2.05, 4.69) is 10.3 Å². The van der Waals surface area contributed by atoms with Crippen LogP contribution in [0.1, 0.15) is 30.2 Å². The molecule has 0 radical (unpaired) electrons. The first-order valence-electron chi connectivity index (χ1n) is 9.83. The summed E-state index contributed by atoms with van der Waals surface area (Å²) in [4.78, 5) is 0. The molecule has 0 fully saturated rings. The Morgan fingerprint density at radius 3 is 2.44 bits per heavy atom. The van der Waals surface area contributed by atoms with E-state index in [9.17, 15) is 27.8 Å². The first kappa shape index (κ1) is 22.0. The maximum absolute atomic E-state index is 15.0. The predicted octanol–water partition coefficient (Wildman–Crippen LogP) is 3.61. The van der Waals surface area contributed by atoms with Crippen molar-refractivity contribution in [2.45, 2.75) is 30.7 Å². The van der Waals surface area contributed by atoms with Gasteiger partial charge in [-0.1, -0.05) is 30.3 Å². The zero-order valence-electron chi connectivity index (χ0n) is 17.0. The number of halogens is 4. The van der Waals surface area contributed by atoms with Crippen molar-refractivity contribution in [3.05, 3.63) is 89.8 Å². The number of aliphatic hydroxyl groups is 2. The van der Waals surface area contributed by atoms with Crippen LogP contribution in [0, 0.1) is 5.82 Å². The third-order valence-electron chi connectivity index (χ3n) is 5.84. The maximum Gasteiger partial charge on any atom is 0.423 e. The number of hydrogen-bond donors (Lipinski definition) is 2. The smallest absolute Gasteiger partial charge is 0.393 e. The number of hydrogen-bond acceptors (Lipinski definition) is 4. The molecule has 0 bridgehead atoms. The summed E-state index contributed by atoms with van der Waals surface area (Å²) in [6, 6.07) is 12.5. The van der Waals surface area contributed by atoms with Gasteiger partial charge in [0.05, 0.1) is 12.8 Å². The first-order chi connectivity index (χ1) is 15.2. The van der Waals surface area contributed by atoms with Crippen LogP contribution in [0.25, 0.3) is 5.52 Å². The van der Waals surface area contributed by atoms with Crippen molar-refractivity contribution in [2.75, 3.05) is 6.61 Å². The zero-order chi connectivity index (χ0) is 23.1. The predicted molar refractivity (Wildman–Crippen MR) is 107 cm³/mol. The molecular weight excluding hydrogens is 428 g/mol. The summed E-state index contributed by atoms with van der Waals surface area (Å²) >= 11 is 0. The van der Waals surface area contributed by atoms with Crippen molar-refractivity contribution in [1.82, 2.24) is 19.4 Å². The van der Waals surface area contributed by atoms with Crippen LogP contribution in [0.4, 0.5) is 17.6 Å². The van der Waals surface area contributed by atoms with E-state index in [0.29, 0.717) is 5.56 Å². The van der Waals surface area contributed by atoms with Gasteiger partial charge in [-0.05, 0) is 42.3 Å². The Hall–Kier alpha value is -3.24. The molecule has 4 aromatic rings. The molecular formula is C22H20F4N4O2. The van der Waals surface area contributed by atoms with E-state index in [1.165, 1.54) is 25.1 Å². The van der Waals surface area contributed by atoms with Crippen molar-refractivity contribution in [2.24, 2.45) is 0 Å². The number of pyridine rings is 1. The fraction of sp³-hybridized carbons (Fsp3) is 0.273. The quantitative estimate of drug-likeness (QED) is 0.442. The lowest BCUT2D eigenvalue weighted by atomic mass is 9.83. The molecule has 32 heavy (non-hydrogen) atoms. The SMILES string of the molecule is CCC(O)(c1cn(C(CO)(c2ccn3cccc3c2)c2ccccc2F)nn1)C(F)(F)F. The fourth-order valence-corrected chi connectivity index (χ4v) is 3.91. The zero-order valence-corrected chi connectivity index (χ0v) is 17.0. The summed E-state index contributed by atoms with van der Waals surface area (Å²) in [5.74, 6) is -0.685. The Morgan fingerprint density at radius 2 is 1.78 bits per heavy atom. The van der Waals surface area contributed by atoms with Gasteiger partial charge >= 0.3 is 6.18 Å². The summed E-state index contributed by atoms with van der Waals surface area (Å²) in [6.45, 7) is 0.438. The molecule has 168 valence electrons. The molecule has 0 amide bonds. The molecule has 0 aliphatic heterocycles. The highest BCUT2D eigenvalue weighted by Gasteiger charge is 2.56. The third-order valence-corrected chi connectivity index (χ3v) is 5.84. The van der Waals surface area contributed by atoms with Crippen LogP contribution < -0.4 is 0 Å². The van der Waals surface area contributed by atoms with Crippen LogP contribution >= 0.6 is 0 Å².